The Morgan fingerprint density at radius 1 is 1.05 bits per heavy atom. The van der Waals surface area contributed by atoms with Gasteiger partial charge in [0, 0.05) is 10.2 Å². The summed E-state index contributed by atoms with van der Waals surface area (Å²) in [6, 6.07) is 10.4. The maximum Gasteiger partial charge on any atom is 0.339 e. The first-order chi connectivity index (χ1) is 9.97. The summed E-state index contributed by atoms with van der Waals surface area (Å²) in [4.78, 5) is 22.7. The maximum atomic E-state index is 11.8. The lowest BCUT2D eigenvalue weighted by Gasteiger charge is -2.10. The summed E-state index contributed by atoms with van der Waals surface area (Å²) in [5.41, 5.74) is 0.286. The predicted molar refractivity (Wildman–Crippen MR) is 81.8 cm³/mol. The summed E-state index contributed by atoms with van der Waals surface area (Å²) >= 11 is 3.28. The molecule has 108 valence electrons. The van der Waals surface area contributed by atoms with Gasteiger partial charge in [-0.25, -0.2) is 9.59 Å². The van der Waals surface area contributed by atoms with Crippen LogP contribution >= 0.6 is 15.9 Å². The van der Waals surface area contributed by atoms with Crippen LogP contribution in [0.4, 0.5) is 16.2 Å². The van der Waals surface area contributed by atoms with Crippen molar-refractivity contribution < 1.29 is 19.8 Å². The van der Waals surface area contributed by atoms with E-state index in [0.717, 1.165) is 4.47 Å². The van der Waals surface area contributed by atoms with Crippen LogP contribution in [0.3, 0.4) is 0 Å². The SMILES string of the molecule is O=C(Nc1cccc(Br)c1)Nc1cccc(C(=O)O)c1O. The number of nitrogens with one attached hydrogen (secondary N) is 2. The van der Waals surface area contributed by atoms with Gasteiger partial charge in [-0.05, 0) is 30.3 Å². The van der Waals surface area contributed by atoms with Crippen LogP contribution in [0.2, 0.25) is 0 Å². The molecule has 21 heavy (non-hydrogen) atoms. The highest BCUT2D eigenvalue weighted by atomic mass is 79.9. The summed E-state index contributed by atoms with van der Waals surface area (Å²) in [5, 5.41) is 23.6. The average Bonchev–Trinajstić information content (AvgIpc) is 2.40. The molecule has 0 unspecified atom stereocenters. The normalized spacial score (nSPS) is 9.95. The number of carboxylic acid groups (broad SMARTS) is 1. The van der Waals surface area contributed by atoms with Crippen molar-refractivity contribution in [3.05, 3.63) is 52.5 Å². The van der Waals surface area contributed by atoms with Gasteiger partial charge in [0.15, 0.2) is 5.75 Å². The predicted octanol–water partition coefficient (Wildman–Crippen LogP) is 3.50. The lowest BCUT2D eigenvalue weighted by molar-refractivity contribution is 0.0694. The number of halogens is 1. The van der Waals surface area contributed by atoms with Gasteiger partial charge in [0.25, 0.3) is 0 Å². The summed E-state index contributed by atoms with van der Waals surface area (Å²) in [5.74, 6) is -1.77. The molecule has 0 bridgehead atoms. The minimum Gasteiger partial charge on any atom is -0.505 e. The Bertz CT molecular complexity index is 703. The van der Waals surface area contributed by atoms with Crippen LogP contribution in [0, 0.1) is 0 Å². The molecule has 0 aliphatic carbocycles. The Morgan fingerprint density at radius 2 is 1.76 bits per heavy atom. The fourth-order valence-corrected chi connectivity index (χ4v) is 2.07. The van der Waals surface area contributed by atoms with Crippen molar-refractivity contribution in [3.8, 4) is 5.75 Å². The second-order valence-electron chi connectivity index (χ2n) is 4.10. The highest BCUT2D eigenvalue weighted by Gasteiger charge is 2.14. The van der Waals surface area contributed by atoms with E-state index < -0.39 is 17.7 Å². The molecule has 2 amide bonds. The molecule has 0 aliphatic rings. The zero-order valence-electron chi connectivity index (χ0n) is 10.6. The number of para-hydroxylation sites is 1. The molecular formula is C14H11BrN2O4. The lowest BCUT2D eigenvalue weighted by atomic mass is 10.1. The van der Waals surface area contributed by atoms with Gasteiger partial charge in [-0.15, -0.1) is 0 Å². The third kappa shape index (κ3) is 3.73. The Balaban J connectivity index is 2.13. The Hall–Kier alpha value is -2.54. The first-order valence-corrected chi connectivity index (χ1v) is 6.65. The van der Waals surface area contributed by atoms with E-state index in [4.69, 9.17) is 5.11 Å². The zero-order valence-corrected chi connectivity index (χ0v) is 12.2. The number of anilines is 2. The monoisotopic (exact) mass is 350 g/mol. The molecule has 0 saturated heterocycles. The quantitative estimate of drug-likeness (QED) is 0.636. The van der Waals surface area contributed by atoms with Gasteiger partial charge in [-0.3, -0.25) is 0 Å². The smallest absolute Gasteiger partial charge is 0.339 e. The second-order valence-corrected chi connectivity index (χ2v) is 5.01. The van der Waals surface area contributed by atoms with Crippen LogP contribution in [0.5, 0.6) is 5.75 Å². The van der Waals surface area contributed by atoms with Gasteiger partial charge in [-0.2, -0.15) is 0 Å². The van der Waals surface area contributed by atoms with Crippen molar-refractivity contribution in [1.82, 2.24) is 0 Å². The first kappa shape index (κ1) is 14.9. The molecular weight excluding hydrogens is 340 g/mol. The maximum absolute atomic E-state index is 11.8. The fraction of sp³-hybridized carbons (Fsp3) is 0. The number of aromatic carboxylic acids is 1. The van der Waals surface area contributed by atoms with Crippen molar-refractivity contribution in [2.75, 3.05) is 10.6 Å². The fourth-order valence-electron chi connectivity index (χ4n) is 1.67. The summed E-state index contributed by atoms with van der Waals surface area (Å²) in [6.45, 7) is 0. The van der Waals surface area contributed by atoms with Crippen LogP contribution in [-0.4, -0.2) is 22.2 Å². The van der Waals surface area contributed by atoms with E-state index in [1.807, 2.05) is 6.07 Å². The van der Waals surface area contributed by atoms with Crippen molar-refractivity contribution in [1.29, 1.82) is 0 Å². The molecule has 0 spiro atoms. The molecule has 0 aromatic heterocycles. The van der Waals surface area contributed by atoms with E-state index in [0.29, 0.717) is 5.69 Å². The van der Waals surface area contributed by atoms with E-state index >= 15 is 0 Å². The second kappa shape index (κ2) is 6.27. The molecule has 2 rings (SSSR count). The van der Waals surface area contributed by atoms with Gasteiger partial charge >= 0.3 is 12.0 Å². The van der Waals surface area contributed by atoms with Crippen molar-refractivity contribution in [3.63, 3.8) is 0 Å². The number of hydrogen-bond acceptors (Lipinski definition) is 3. The van der Waals surface area contributed by atoms with E-state index in [9.17, 15) is 14.7 Å². The van der Waals surface area contributed by atoms with Crippen molar-refractivity contribution >= 4 is 39.3 Å². The van der Waals surface area contributed by atoms with Crippen LogP contribution in [0.25, 0.3) is 0 Å². The summed E-state index contributed by atoms with van der Waals surface area (Å²) in [7, 11) is 0. The average molecular weight is 351 g/mol. The first-order valence-electron chi connectivity index (χ1n) is 5.86. The van der Waals surface area contributed by atoms with Crippen LogP contribution in [0.1, 0.15) is 10.4 Å². The number of carbonyl (C=O) groups is 2. The van der Waals surface area contributed by atoms with Gasteiger partial charge in [0.05, 0.1) is 5.69 Å². The van der Waals surface area contributed by atoms with Gasteiger partial charge in [0.1, 0.15) is 5.56 Å². The summed E-state index contributed by atoms with van der Waals surface area (Å²) < 4.78 is 0.802. The Morgan fingerprint density at radius 3 is 2.43 bits per heavy atom. The molecule has 7 heteroatoms. The minimum atomic E-state index is -1.27. The zero-order chi connectivity index (χ0) is 15.4. The van der Waals surface area contributed by atoms with Gasteiger partial charge in [-0.1, -0.05) is 28.1 Å². The highest BCUT2D eigenvalue weighted by Crippen LogP contribution is 2.27. The van der Waals surface area contributed by atoms with E-state index in [1.54, 1.807) is 18.2 Å². The number of amides is 2. The number of aromatic hydroxyl groups is 1. The Labute approximate surface area is 128 Å². The number of urea groups is 1. The third-order valence-electron chi connectivity index (χ3n) is 2.60. The molecule has 0 fully saturated rings. The highest BCUT2D eigenvalue weighted by molar-refractivity contribution is 9.10. The van der Waals surface area contributed by atoms with E-state index in [2.05, 4.69) is 26.6 Å². The molecule has 2 aromatic carbocycles. The standard InChI is InChI=1S/C14H11BrN2O4/c15-8-3-1-4-9(7-8)16-14(21)17-11-6-2-5-10(12(11)18)13(19)20/h1-7,18H,(H,19,20)(H2,16,17,21). The molecule has 0 saturated carbocycles. The van der Waals surface area contributed by atoms with Crippen molar-refractivity contribution in [2.24, 2.45) is 0 Å². The van der Waals surface area contributed by atoms with E-state index in [-0.39, 0.29) is 11.3 Å². The molecule has 0 aliphatic heterocycles. The minimum absolute atomic E-state index is 0.0161. The number of rotatable bonds is 3. The molecule has 0 atom stereocenters. The molecule has 2 aromatic rings. The van der Waals surface area contributed by atoms with Gasteiger partial charge in [0.2, 0.25) is 0 Å². The van der Waals surface area contributed by atoms with Crippen molar-refractivity contribution in [2.45, 2.75) is 0 Å². The number of phenols is 1. The number of carboxylic acids is 1. The van der Waals surface area contributed by atoms with Crippen LogP contribution in [0.15, 0.2) is 46.9 Å². The number of benzene rings is 2. The molecule has 4 N–H and O–H groups in total. The van der Waals surface area contributed by atoms with E-state index in [1.165, 1.54) is 18.2 Å². The molecule has 0 heterocycles. The largest absolute Gasteiger partial charge is 0.505 e. The topological polar surface area (TPSA) is 98.7 Å². The Kier molecular flexibility index (Phi) is 4.44. The molecule has 0 radical (unpaired) electrons. The van der Waals surface area contributed by atoms with Crippen LogP contribution in [-0.2, 0) is 0 Å². The molecule has 6 nitrogen and oxygen atoms in total. The van der Waals surface area contributed by atoms with Gasteiger partial charge < -0.3 is 20.8 Å². The lowest BCUT2D eigenvalue weighted by Crippen LogP contribution is -2.19. The number of hydrogen-bond donors (Lipinski definition) is 4. The third-order valence-corrected chi connectivity index (χ3v) is 3.09. The number of carbonyl (C=O) groups excluding carboxylic acids is 1. The van der Waals surface area contributed by atoms with Crippen LogP contribution < -0.4 is 10.6 Å². The summed E-state index contributed by atoms with van der Waals surface area (Å²) in [6.07, 6.45) is 0.